The van der Waals surface area contributed by atoms with Crippen molar-refractivity contribution >= 4 is 10.1 Å². The van der Waals surface area contributed by atoms with Crippen LogP contribution in [0.1, 0.15) is 5.69 Å². The van der Waals surface area contributed by atoms with Crippen LogP contribution >= 0.6 is 0 Å². The van der Waals surface area contributed by atoms with Crippen LogP contribution in [-0.2, 0) is 17.2 Å². The van der Waals surface area contributed by atoms with Crippen LogP contribution in [0.3, 0.4) is 0 Å². The minimum absolute atomic E-state index is 0.0181. The second-order valence-corrected chi connectivity index (χ2v) is 5.63. The monoisotopic (exact) mass is 318 g/mol. The van der Waals surface area contributed by atoms with E-state index in [4.69, 9.17) is 4.18 Å². The third-order valence-electron chi connectivity index (χ3n) is 2.47. The number of aryl methyl sites for hydroxylation is 2. The van der Waals surface area contributed by atoms with E-state index in [0.717, 1.165) is 0 Å². The maximum absolute atomic E-state index is 12.1. The summed E-state index contributed by atoms with van der Waals surface area (Å²) in [7, 11) is -2.57. The zero-order valence-electron chi connectivity index (χ0n) is 11.2. The lowest BCUT2D eigenvalue weighted by Crippen LogP contribution is -2.14. The zero-order chi connectivity index (χ0) is 15.6. The second-order valence-electron chi connectivity index (χ2n) is 4.13. The number of alkyl halides is 2. The Balaban J connectivity index is 2.19. The summed E-state index contributed by atoms with van der Waals surface area (Å²) in [6.45, 7) is -1.30. The fourth-order valence-corrected chi connectivity index (χ4v) is 2.80. The lowest BCUT2D eigenvalue weighted by Gasteiger charge is -2.08. The van der Waals surface area contributed by atoms with Gasteiger partial charge in [0.05, 0.1) is 5.69 Å². The van der Waals surface area contributed by atoms with Gasteiger partial charge in [-0.3, -0.25) is 4.68 Å². The molecule has 1 aromatic carbocycles. The Hall–Kier alpha value is -2.16. The van der Waals surface area contributed by atoms with Crippen molar-refractivity contribution in [3.05, 3.63) is 36.0 Å². The van der Waals surface area contributed by atoms with Crippen LogP contribution in [0.4, 0.5) is 8.78 Å². The molecule has 1 heterocycles. The van der Waals surface area contributed by atoms with E-state index in [-0.39, 0.29) is 16.5 Å². The number of ether oxygens (including phenoxy) is 1. The Morgan fingerprint density at radius 1 is 1.19 bits per heavy atom. The van der Waals surface area contributed by atoms with Gasteiger partial charge in [0.15, 0.2) is 5.03 Å². The molecule has 0 bridgehead atoms. The first kappa shape index (κ1) is 15.2. The van der Waals surface area contributed by atoms with Crippen molar-refractivity contribution in [2.45, 2.75) is 18.6 Å². The predicted molar refractivity (Wildman–Crippen MR) is 68.8 cm³/mol. The largest absolute Gasteiger partial charge is 0.435 e. The van der Waals surface area contributed by atoms with E-state index < -0.39 is 16.7 Å². The van der Waals surface area contributed by atoms with Crippen LogP contribution in [0.2, 0.25) is 0 Å². The molecular formula is C12H12F2N2O4S. The molecule has 0 unspecified atom stereocenters. The minimum Gasteiger partial charge on any atom is -0.435 e. The van der Waals surface area contributed by atoms with Gasteiger partial charge >= 0.3 is 16.7 Å². The van der Waals surface area contributed by atoms with E-state index in [9.17, 15) is 17.2 Å². The summed E-state index contributed by atoms with van der Waals surface area (Å²) in [6, 6.07) is 6.18. The van der Waals surface area contributed by atoms with Crippen LogP contribution in [-0.4, -0.2) is 24.8 Å². The van der Waals surface area contributed by atoms with E-state index in [1.807, 2.05) is 0 Å². The molecule has 0 fully saturated rings. The quantitative estimate of drug-likeness (QED) is 0.790. The van der Waals surface area contributed by atoms with E-state index in [2.05, 4.69) is 9.84 Å². The first-order chi connectivity index (χ1) is 9.78. The van der Waals surface area contributed by atoms with E-state index in [1.54, 1.807) is 6.92 Å². The van der Waals surface area contributed by atoms with Gasteiger partial charge in [-0.2, -0.15) is 22.3 Å². The Bertz CT molecular complexity index is 726. The van der Waals surface area contributed by atoms with Crippen molar-refractivity contribution in [1.82, 2.24) is 9.78 Å². The van der Waals surface area contributed by atoms with Gasteiger partial charge in [0.2, 0.25) is 0 Å². The first-order valence-electron chi connectivity index (χ1n) is 5.78. The summed E-state index contributed by atoms with van der Waals surface area (Å²) in [5, 5.41) is 3.82. The number of nitrogens with zero attached hydrogens (tertiary/aromatic N) is 2. The molecule has 1 aromatic heterocycles. The van der Waals surface area contributed by atoms with Crippen molar-refractivity contribution < 1.29 is 26.1 Å². The van der Waals surface area contributed by atoms with Crippen LogP contribution in [0.15, 0.2) is 35.4 Å². The maximum Gasteiger partial charge on any atom is 0.387 e. The highest BCUT2D eigenvalue weighted by atomic mass is 32.2. The van der Waals surface area contributed by atoms with Crippen LogP contribution in [0, 0.1) is 6.92 Å². The SMILES string of the molecule is Cc1cc(S(=O)(=O)Oc2ccc(OC(F)F)cc2)n(C)n1. The van der Waals surface area contributed by atoms with E-state index in [1.165, 1.54) is 42.1 Å². The molecule has 0 amide bonds. The fourth-order valence-electron chi connectivity index (χ4n) is 1.67. The molecule has 21 heavy (non-hydrogen) atoms. The van der Waals surface area contributed by atoms with Crippen molar-refractivity contribution in [1.29, 1.82) is 0 Å². The maximum atomic E-state index is 12.1. The smallest absolute Gasteiger partial charge is 0.387 e. The molecular weight excluding hydrogens is 306 g/mol. The molecule has 0 aliphatic heterocycles. The molecule has 0 spiro atoms. The highest BCUT2D eigenvalue weighted by Gasteiger charge is 2.21. The van der Waals surface area contributed by atoms with Gasteiger partial charge in [-0.1, -0.05) is 0 Å². The zero-order valence-corrected chi connectivity index (χ0v) is 12.0. The third-order valence-corrected chi connectivity index (χ3v) is 3.78. The number of benzene rings is 1. The summed E-state index contributed by atoms with van der Waals surface area (Å²) in [5.74, 6) is -0.110. The fraction of sp³-hybridized carbons (Fsp3) is 0.250. The molecule has 9 heteroatoms. The second kappa shape index (κ2) is 5.68. The van der Waals surface area contributed by atoms with Gasteiger partial charge in [0.1, 0.15) is 11.5 Å². The van der Waals surface area contributed by atoms with Gasteiger partial charge < -0.3 is 8.92 Å². The number of halogens is 2. The van der Waals surface area contributed by atoms with Gasteiger partial charge in [-0.25, -0.2) is 0 Å². The van der Waals surface area contributed by atoms with Gasteiger partial charge in [0, 0.05) is 13.1 Å². The van der Waals surface area contributed by atoms with Gasteiger partial charge in [-0.15, -0.1) is 0 Å². The van der Waals surface area contributed by atoms with Gasteiger partial charge in [-0.05, 0) is 31.2 Å². The Kier molecular flexibility index (Phi) is 4.12. The normalized spacial score (nSPS) is 11.7. The molecule has 6 nitrogen and oxygen atoms in total. The number of hydrogen-bond acceptors (Lipinski definition) is 5. The number of aromatic nitrogens is 2. The van der Waals surface area contributed by atoms with E-state index in [0.29, 0.717) is 5.69 Å². The molecule has 114 valence electrons. The molecule has 0 aliphatic rings. The molecule has 0 saturated heterocycles. The number of rotatable bonds is 5. The number of hydrogen-bond donors (Lipinski definition) is 0. The Morgan fingerprint density at radius 2 is 1.76 bits per heavy atom. The molecule has 0 atom stereocenters. The van der Waals surface area contributed by atoms with Crippen molar-refractivity contribution in [3.63, 3.8) is 0 Å². The molecule has 0 radical (unpaired) electrons. The highest BCUT2D eigenvalue weighted by molar-refractivity contribution is 7.87. The Morgan fingerprint density at radius 3 is 2.24 bits per heavy atom. The summed E-state index contributed by atoms with van der Waals surface area (Å²) in [6.07, 6.45) is 0. The summed E-state index contributed by atoms with van der Waals surface area (Å²) < 4.78 is 58.4. The molecule has 2 aromatic rings. The average Bonchev–Trinajstić information content (AvgIpc) is 2.71. The topological polar surface area (TPSA) is 70.4 Å². The lowest BCUT2D eigenvalue weighted by atomic mass is 10.3. The van der Waals surface area contributed by atoms with Gasteiger partial charge in [0.25, 0.3) is 0 Å². The summed E-state index contributed by atoms with van der Waals surface area (Å²) >= 11 is 0. The molecule has 2 rings (SSSR count). The highest BCUT2D eigenvalue weighted by Crippen LogP contribution is 2.22. The third kappa shape index (κ3) is 3.69. The lowest BCUT2D eigenvalue weighted by molar-refractivity contribution is -0.0498. The van der Waals surface area contributed by atoms with Crippen molar-refractivity contribution in [2.75, 3.05) is 0 Å². The Labute approximate surface area is 120 Å². The average molecular weight is 318 g/mol. The minimum atomic E-state index is -4.05. The first-order valence-corrected chi connectivity index (χ1v) is 7.19. The molecule has 0 aliphatic carbocycles. The van der Waals surface area contributed by atoms with Crippen molar-refractivity contribution in [2.24, 2.45) is 7.05 Å². The van der Waals surface area contributed by atoms with E-state index >= 15 is 0 Å². The standard InChI is InChI=1S/C12H12F2N2O4S/c1-8-7-11(16(2)15-8)21(17,18)20-10-5-3-9(4-6-10)19-12(13)14/h3-7,12H,1-2H3. The van der Waals surface area contributed by atoms with Crippen molar-refractivity contribution in [3.8, 4) is 11.5 Å². The summed E-state index contributed by atoms with van der Waals surface area (Å²) in [4.78, 5) is 0. The van der Waals surface area contributed by atoms with Crippen LogP contribution in [0.5, 0.6) is 11.5 Å². The van der Waals surface area contributed by atoms with Crippen LogP contribution in [0.25, 0.3) is 0 Å². The predicted octanol–water partition coefficient (Wildman–Crippen LogP) is 2.10. The molecule has 0 saturated carbocycles. The summed E-state index contributed by atoms with van der Waals surface area (Å²) in [5.41, 5.74) is 0.528. The molecule has 0 N–H and O–H groups in total. The van der Waals surface area contributed by atoms with Crippen LogP contribution < -0.4 is 8.92 Å².